The largest absolute Gasteiger partial charge is 0.573 e. The summed E-state index contributed by atoms with van der Waals surface area (Å²) < 4.78 is 57.0. The Kier molecular flexibility index (Phi) is 4.99. The quantitative estimate of drug-likeness (QED) is 0.367. The molecule has 0 fully saturated rings. The Bertz CT molecular complexity index is 1170. The van der Waals surface area contributed by atoms with Crippen LogP contribution < -0.4 is 10.1 Å². The van der Waals surface area contributed by atoms with Crippen LogP contribution in [0.3, 0.4) is 0 Å². The lowest BCUT2D eigenvalue weighted by molar-refractivity contribution is -0.275. The third kappa shape index (κ3) is 4.49. The van der Waals surface area contributed by atoms with Crippen LogP contribution in [-0.4, -0.2) is 42.1 Å². The number of hydrogen-bond acceptors (Lipinski definition) is 6. The lowest BCUT2D eigenvalue weighted by Crippen LogP contribution is -2.25. The van der Waals surface area contributed by atoms with Crippen molar-refractivity contribution < 1.29 is 27.4 Å². The molecule has 4 aromatic rings. The molecular weight excluding hydrogens is 408 g/mol. The molecule has 12 heteroatoms. The van der Waals surface area contributed by atoms with Gasteiger partial charge in [0.15, 0.2) is 17.2 Å². The molecule has 1 atom stereocenters. The van der Waals surface area contributed by atoms with Crippen molar-refractivity contribution in [2.45, 2.75) is 19.1 Å². The predicted octanol–water partition coefficient (Wildman–Crippen LogP) is 3.06. The van der Waals surface area contributed by atoms with E-state index in [1.807, 2.05) is 12.1 Å². The number of aliphatic hydroxyl groups excluding tert-OH is 1. The molecule has 0 amide bonds. The van der Waals surface area contributed by atoms with Crippen LogP contribution in [0.15, 0.2) is 55.2 Å². The summed E-state index contributed by atoms with van der Waals surface area (Å²) in [4.78, 5) is 4.11. The summed E-state index contributed by atoms with van der Waals surface area (Å²) >= 11 is 0. The van der Waals surface area contributed by atoms with Gasteiger partial charge < -0.3 is 15.2 Å². The van der Waals surface area contributed by atoms with E-state index in [0.29, 0.717) is 5.65 Å². The Labute approximate surface area is 166 Å². The highest BCUT2D eigenvalue weighted by atomic mass is 19.4. The van der Waals surface area contributed by atoms with Crippen LogP contribution in [0.4, 0.5) is 23.2 Å². The van der Waals surface area contributed by atoms with E-state index in [4.69, 9.17) is 0 Å². The molecule has 8 nitrogen and oxygen atoms in total. The fourth-order valence-corrected chi connectivity index (χ4v) is 2.82. The van der Waals surface area contributed by atoms with Gasteiger partial charge in [0.05, 0.1) is 12.7 Å². The number of aliphatic hydroxyl groups is 1. The van der Waals surface area contributed by atoms with Crippen LogP contribution in [0.5, 0.6) is 5.75 Å². The maximum Gasteiger partial charge on any atom is 0.573 e. The summed E-state index contributed by atoms with van der Waals surface area (Å²) in [5, 5.41) is 20.9. The lowest BCUT2D eigenvalue weighted by atomic mass is 10.1. The van der Waals surface area contributed by atoms with Crippen molar-refractivity contribution in [2.24, 2.45) is 0 Å². The maximum absolute atomic E-state index is 13.8. The minimum absolute atomic E-state index is 0.00952. The van der Waals surface area contributed by atoms with Gasteiger partial charge in [0.2, 0.25) is 0 Å². The summed E-state index contributed by atoms with van der Waals surface area (Å²) in [7, 11) is 0. The number of rotatable bonds is 6. The molecule has 3 heterocycles. The molecule has 1 aromatic carbocycles. The molecule has 156 valence electrons. The number of nitrogens with one attached hydrogen (secondary N) is 1. The number of hydrogen-bond donors (Lipinski definition) is 2. The van der Waals surface area contributed by atoms with Gasteiger partial charge in [0.25, 0.3) is 0 Å². The number of pyridine rings is 1. The van der Waals surface area contributed by atoms with Crippen molar-refractivity contribution in [3.8, 4) is 16.9 Å². The van der Waals surface area contributed by atoms with Crippen LogP contribution in [0.25, 0.3) is 16.8 Å². The molecule has 0 saturated heterocycles. The molecule has 2 N–H and O–H groups in total. The van der Waals surface area contributed by atoms with Gasteiger partial charge in [0.1, 0.15) is 12.6 Å². The second-order valence-corrected chi connectivity index (χ2v) is 6.28. The first kappa shape index (κ1) is 19.6. The number of fused-ring (bicyclic) bond motifs is 1. The molecule has 0 aliphatic carbocycles. The van der Waals surface area contributed by atoms with E-state index >= 15 is 0 Å². The van der Waals surface area contributed by atoms with Gasteiger partial charge in [-0.3, -0.25) is 4.68 Å². The summed E-state index contributed by atoms with van der Waals surface area (Å²) in [6, 6.07) is 6.45. The summed E-state index contributed by atoms with van der Waals surface area (Å²) in [6.45, 7) is 0.00952. The minimum atomic E-state index is -4.99. The first-order chi connectivity index (χ1) is 14.3. The Morgan fingerprint density at radius 3 is 2.73 bits per heavy atom. The van der Waals surface area contributed by atoms with Crippen molar-refractivity contribution in [2.75, 3.05) is 5.32 Å². The predicted molar refractivity (Wildman–Crippen MR) is 96.9 cm³/mol. The molecule has 1 unspecified atom stereocenters. The summed E-state index contributed by atoms with van der Waals surface area (Å²) in [5.41, 5.74) is 2.39. The highest BCUT2D eigenvalue weighted by Gasteiger charge is 2.32. The van der Waals surface area contributed by atoms with E-state index in [0.717, 1.165) is 29.3 Å². The van der Waals surface area contributed by atoms with Gasteiger partial charge in [-0.1, -0.05) is 0 Å². The summed E-state index contributed by atoms with van der Waals surface area (Å²) in [5.74, 6) is -2.17. The fraction of sp³-hybridized carbons (Fsp3) is 0.167. The molecule has 0 radical (unpaired) electrons. The number of benzene rings is 1. The first-order valence-corrected chi connectivity index (χ1v) is 8.59. The molecule has 4 rings (SSSR count). The lowest BCUT2D eigenvalue weighted by Gasteiger charge is -2.15. The van der Waals surface area contributed by atoms with E-state index in [1.54, 1.807) is 23.1 Å². The highest BCUT2D eigenvalue weighted by molar-refractivity contribution is 5.65. The zero-order valence-electron chi connectivity index (χ0n) is 15.1. The van der Waals surface area contributed by atoms with Gasteiger partial charge in [0, 0.05) is 29.7 Å². The van der Waals surface area contributed by atoms with E-state index in [-0.39, 0.29) is 12.2 Å². The topological polar surface area (TPSA) is 89.5 Å². The van der Waals surface area contributed by atoms with Crippen molar-refractivity contribution in [3.63, 3.8) is 0 Å². The molecule has 0 saturated carbocycles. The standard InChI is InChI=1S/C18H14F4N6O2/c19-14-6-13(1-2-15(14)30-18(20,21)22)26-17(29)9-27-8-12(7-24-27)11-3-4-28-16(5-11)23-10-25-28/h1-8,10,17,26,29H,9H2. The first-order valence-electron chi connectivity index (χ1n) is 8.59. The average Bonchev–Trinajstić information content (AvgIpc) is 3.31. The molecule has 0 spiro atoms. The van der Waals surface area contributed by atoms with Crippen LogP contribution >= 0.6 is 0 Å². The minimum Gasteiger partial charge on any atom is -0.403 e. The van der Waals surface area contributed by atoms with Crippen molar-refractivity contribution in [1.29, 1.82) is 0 Å². The van der Waals surface area contributed by atoms with Gasteiger partial charge >= 0.3 is 6.36 Å². The number of anilines is 1. The Balaban J connectivity index is 1.41. The Hall–Kier alpha value is -3.67. The van der Waals surface area contributed by atoms with Gasteiger partial charge in [-0.25, -0.2) is 13.9 Å². The fourth-order valence-electron chi connectivity index (χ4n) is 2.82. The van der Waals surface area contributed by atoms with E-state index in [9.17, 15) is 22.7 Å². The van der Waals surface area contributed by atoms with Gasteiger partial charge in [-0.05, 0) is 29.8 Å². The van der Waals surface area contributed by atoms with Crippen molar-refractivity contribution >= 4 is 11.3 Å². The molecule has 3 aromatic heterocycles. The third-order valence-electron chi connectivity index (χ3n) is 4.10. The van der Waals surface area contributed by atoms with E-state index in [1.165, 1.54) is 11.0 Å². The van der Waals surface area contributed by atoms with E-state index in [2.05, 4.69) is 25.2 Å². The van der Waals surface area contributed by atoms with Crippen LogP contribution in [-0.2, 0) is 6.54 Å². The Morgan fingerprint density at radius 2 is 1.97 bits per heavy atom. The zero-order chi connectivity index (χ0) is 21.3. The SMILES string of the molecule is OC(Cn1cc(-c2ccn3ncnc3c2)cn1)Nc1ccc(OC(F)(F)F)c(F)c1. The molecule has 0 aliphatic rings. The summed E-state index contributed by atoms with van der Waals surface area (Å²) in [6.07, 6.45) is 0.337. The van der Waals surface area contributed by atoms with Crippen LogP contribution in [0, 0.1) is 5.82 Å². The highest BCUT2D eigenvalue weighted by Crippen LogP contribution is 2.27. The second kappa shape index (κ2) is 7.63. The number of alkyl halides is 3. The number of nitrogens with zero attached hydrogens (tertiary/aromatic N) is 5. The molecule has 30 heavy (non-hydrogen) atoms. The molecule has 0 aliphatic heterocycles. The van der Waals surface area contributed by atoms with Crippen LogP contribution in [0.2, 0.25) is 0 Å². The normalized spacial score (nSPS) is 12.8. The average molecular weight is 422 g/mol. The van der Waals surface area contributed by atoms with Crippen molar-refractivity contribution in [1.82, 2.24) is 24.4 Å². The zero-order valence-corrected chi connectivity index (χ0v) is 15.1. The third-order valence-corrected chi connectivity index (χ3v) is 4.10. The van der Waals surface area contributed by atoms with E-state index < -0.39 is 24.2 Å². The molecule has 0 bridgehead atoms. The monoisotopic (exact) mass is 422 g/mol. The second-order valence-electron chi connectivity index (χ2n) is 6.28. The smallest absolute Gasteiger partial charge is 0.403 e. The maximum atomic E-state index is 13.8. The van der Waals surface area contributed by atoms with Crippen LogP contribution in [0.1, 0.15) is 0 Å². The number of halogens is 4. The Morgan fingerprint density at radius 1 is 1.13 bits per heavy atom. The number of ether oxygens (including phenoxy) is 1. The number of aromatic nitrogens is 5. The van der Waals surface area contributed by atoms with Gasteiger partial charge in [-0.15, -0.1) is 13.2 Å². The molecular formula is C18H14F4N6O2. The van der Waals surface area contributed by atoms with Crippen molar-refractivity contribution in [3.05, 3.63) is 61.1 Å². The van der Waals surface area contributed by atoms with Gasteiger partial charge in [-0.2, -0.15) is 10.2 Å².